The van der Waals surface area contributed by atoms with Gasteiger partial charge in [0.25, 0.3) is 5.91 Å². The number of aryl methyl sites for hydroxylation is 1. The number of carbonyl (C=O) groups is 2. The zero-order valence-electron chi connectivity index (χ0n) is 14.8. The van der Waals surface area contributed by atoms with Crippen LogP contribution < -0.4 is 21.9 Å². The van der Waals surface area contributed by atoms with Crippen molar-refractivity contribution in [2.24, 2.45) is 17.5 Å². The summed E-state index contributed by atoms with van der Waals surface area (Å²) in [5.41, 5.74) is 6.01. The topological polar surface area (TPSA) is 114 Å². The van der Waals surface area contributed by atoms with Gasteiger partial charge >= 0.3 is 0 Å². The van der Waals surface area contributed by atoms with E-state index in [9.17, 15) is 9.59 Å². The van der Waals surface area contributed by atoms with Crippen LogP contribution in [0.1, 0.15) is 36.3 Å². The smallest absolute Gasteiger partial charge is 0.250 e. The summed E-state index contributed by atoms with van der Waals surface area (Å²) in [6.45, 7) is 5.68. The molecule has 0 aliphatic carbocycles. The van der Waals surface area contributed by atoms with Crippen LogP contribution in [0, 0.1) is 18.7 Å². The molecule has 0 bridgehead atoms. The number of aldehydes is 1. The zero-order chi connectivity index (χ0) is 19.4. The average molecular weight is 379 g/mol. The van der Waals surface area contributed by atoms with Crippen molar-refractivity contribution in [1.29, 1.82) is 0 Å². The highest BCUT2D eigenvalue weighted by molar-refractivity contribution is 7.10. The average Bonchev–Trinajstić information content (AvgIpc) is 2.98. The Hall–Kier alpha value is -2.52. The van der Waals surface area contributed by atoms with E-state index in [1.807, 2.05) is 13.8 Å². The van der Waals surface area contributed by atoms with Gasteiger partial charge in [0, 0.05) is 0 Å². The number of benzene rings is 1. The minimum absolute atomic E-state index is 0.00325. The lowest BCUT2D eigenvalue weighted by molar-refractivity contribution is -0.109. The quantitative estimate of drug-likeness (QED) is 0.369. The van der Waals surface area contributed by atoms with Crippen molar-refractivity contribution < 1.29 is 14.0 Å². The molecule has 0 fully saturated rings. The normalized spacial score (nSPS) is 12.1. The van der Waals surface area contributed by atoms with E-state index in [2.05, 4.69) is 9.69 Å². The lowest BCUT2D eigenvalue weighted by atomic mass is 10.0. The fraction of sp³-hybridized carbons (Fsp3) is 0.353. The number of nitrogens with two attached hydrogens (primary N) is 2. The summed E-state index contributed by atoms with van der Waals surface area (Å²) in [5.74, 6) is 4.66. The Morgan fingerprint density at radius 2 is 2.15 bits per heavy atom. The van der Waals surface area contributed by atoms with E-state index in [1.165, 1.54) is 12.1 Å². The molecule has 1 atom stereocenters. The first-order chi connectivity index (χ1) is 12.2. The highest BCUT2D eigenvalue weighted by atomic mass is 32.1. The minimum Gasteiger partial charge on any atom is -0.366 e. The number of carbonyl (C=O) groups excluding carboxylic acids is 2. The molecule has 9 heteroatoms. The van der Waals surface area contributed by atoms with Crippen molar-refractivity contribution in [3.05, 3.63) is 35.3 Å². The summed E-state index contributed by atoms with van der Waals surface area (Å²) >= 11 is 1.13. The molecule has 0 aliphatic heterocycles. The maximum absolute atomic E-state index is 15.1. The third-order valence-electron chi connectivity index (χ3n) is 3.77. The summed E-state index contributed by atoms with van der Waals surface area (Å²) in [6.07, 6.45) is 1.15. The van der Waals surface area contributed by atoms with Gasteiger partial charge in [-0.1, -0.05) is 13.8 Å². The second-order valence-corrected chi connectivity index (χ2v) is 7.19. The molecule has 7 nitrogen and oxygen atoms in total. The van der Waals surface area contributed by atoms with Gasteiger partial charge in [-0.15, -0.1) is 0 Å². The molecular formula is C17H22FN5O2S. The molecule has 26 heavy (non-hydrogen) atoms. The molecule has 1 heterocycles. The number of hydrogen-bond acceptors (Lipinski definition) is 7. The molecule has 2 aromatic rings. The van der Waals surface area contributed by atoms with Crippen molar-refractivity contribution in [3.8, 4) is 0 Å². The number of primary amides is 1. The third-order valence-corrected chi connectivity index (χ3v) is 4.56. The molecule has 0 saturated heterocycles. The van der Waals surface area contributed by atoms with E-state index >= 15 is 4.39 Å². The minimum atomic E-state index is -0.781. The summed E-state index contributed by atoms with van der Waals surface area (Å²) in [6, 6.07) is 3.75. The summed E-state index contributed by atoms with van der Waals surface area (Å²) in [7, 11) is 0. The summed E-state index contributed by atoms with van der Waals surface area (Å²) in [5, 5.41) is 4.48. The molecule has 1 aromatic carbocycles. The standard InChI is InChI=1S/C17H22FN5O2S/c1-9(2)6-11(8-24)23(20)13-5-4-12(17(19)25)16(15(13)18)21-14-7-10(3)22-26-14/h4-5,7-9,11,21H,6,20H2,1-3H3,(H2,19,25)/t11-/m1/s1. The van der Waals surface area contributed by atoms with Crippen LogP contribution in [0.15, 0.2) is 18.2 Å². The number of rotatable bonds is 8. The molecule has 1 aromatic heterocycles. The zero-order valence-corrected chi connectivity index (χ0v) is 15.6. The third kappa shape index (κ3) is 4.36. The van der Waals surface area contributed by atoms with Gasteiger partial charge < -0.3 is 15.8 Å². The fourth-order valence-corrected chi connectivity index (χ4v) is 3.20. The van der Waals surface area contributed by atoms with Gasteiger partial charge in [-0.25, -0.2) is 10.2 Å². The highest BCUT2D eigenvalue weighted by Gasteiger charge is 2.24. The lowest BCUT2D eigenvalue weighted by Crippen LogP contribution is -2.43. The van der Waals surface area contributed by atoms with Crippen LogP contribution in [0.4, 0.5) is 20.8 Å². The SMILES string of the molecule is Cc1cc(Nc2c(C(N)=O)ccc(N(N)[C@@H](C=O)CC(C)C)c2F)sn1. The second-order valence-electron chi connectivity index (χ2n) is 6.38. The van der Waals surface area contributed by atoms with E-state index in [0.29, 0.717) is 17.7 Å². The van der Waals surface area contributed by atoms with Gasteiger partial charge in [-0.3, -0.25) is 9.80 Å². The Morgan fingerprint density at radius 3 is 2.65 bits per heavy atom. The van der Waals surface area contributed by atoms with Crippen molar-refractivity contribution in [2.45, 2.75) is 33.2 Å². The van der Waals surface area contributed by atoms with E-state index < -0.39 is 17.8 Å². The van der Waals surface area contributed by atoms with Gasteiger partial charge in [-0.05, 0) is 49.0 Å². The number of amides is 1. The van der Waals surface area contributed by atoms with Gasteiger partial charge in [0.1, 0.15) is 17.3 Å². The van der Waals surface area contributed by atoms with Crippen LogP contribution in [0.3, 0.4) is 0 Å². The van der Waals surface area contributed by atoms with Crippen LogP contribution >= 0.6 is 11.5 Å². The van der Waals surface area contributed by atoms with E-state index in [4.69, 9.17) is 11.6 Å². The molecule has 140 valence electrons. The predicted octanol–water partition coefficient (Wildman–Crippen LogP) is 2.73. The molecule has 1 amide bonds. The van der Waals surface area contributed by atoms with Gasteiger partial charge in [0.15, 0.2) is 5.82 Å². The molecule has 0 aliphatic rings. The van der Waals surface area contributed by atoms with Gasteiger partial charge in [-0.2, -0.15) is 4.37 Å². The van der Waals surface area contributed by atoms with Crippen LogP contribution in [0.2, 0.25) is 0 Å². The molecule has 0 saturated carbocycles. The van der Waals surface area contributed by atoms with Gasteiger partial charge in [0.2, 0.25) is 0 Å². The summed E-state index contributed by atoms with van der Waals surface area (Å²) in [4.78, 5) is 23.1. The molecule has 2 rings (SSSR count). The van der Waals surface area contributed by atoms with Crippen molar-refractivity contribution in [2.75, 3.05) is 10.3 Å². The molecule has 5 N–H and O–H groups in total. The largest absolute Gasteiger partial charge is 0.366 e. The Balaban J connectivity index is 2.47. The van der Waals surface area contributed by atoms with E-state index in [0.717, 1.165) is 22.2 Å². The number of hydrogen-bond donors (Lipinski definition) is 3. The van der Waals surface area contributed by atoms with Crippen molar-refractivity contribution in [3.63, 3.8) is 0 Å². The maximum atomic E-state index is 15.1. The molecular weight excluding hydrogens is 357 g/mol. The number of hydrazine groups is 1. The number of aromatic nitrogens is 1. The Bertz CT molecular complexity index is 808. The Morgan fingerprint density at radius 1 is 1.46 bits per heavy atom. The first kappa shape index (κ1) is 19.8. The van der Waals surface area contributed by atoms with Crippen LogP contribution in [0.5, 0.6) is 0 Å². The van der Waals surface area contributed by atoms with E-state index in [-0.39, 0.29) is 22.9 Å². The summed E-state index contributed by atoms with van der Waals surface area (Å²) < 4.78 is 19.3. The molecule has 0 radical (unpaired) electrons. The van der Waals surface area contributed by atoms with Crippen LogP contribution in [-0.2, 0) is 4.79 Å². The van der Waals surface area contributed by atoms with Gasteiger partial charge in [0.05, 0.1) is 22.6 Å². The van der Waals surface area contributed by atoms with Crippen LogP contribution in [0.25, 0.3) is 0 Å². The highest BCUT2D eigenvalue weighted by Crippen LogP contribution is 2.33. The maximum Gasteiger partial charge on any atom is 0.250 e. The van der Waals surface area contributed by atoms with Crippen LogP contribution in [-0.4, -0.2) is 22.6 Å². The number of halogens is 1. The Labute approximate surface area is 155 Å². The monoisotopic (exact) mass is 379 g/mol. The van der Waals surface area contributed by atoms with E-state index in [1.54, 1.807) is 13.0 Å². The first-order valence-corrected chi connectivity index (χ1v) is 8.83. The Kier molecular flexibility index (Phi) is 6.27. The first-order valence-electron chi connectivity index (χ1n) is 8.06. The lowest BCUT2D eigenvalue weighted by Gasteiger charge is -2.27. The predicted molar refractivity (Wildman–Crippen MR) is 101 cm³/mol. The van der Waals surface area contributed by atoms with Crippen molar-refractivity contribution >= 4 is 40.1 Å². The molecule has 0 unspecified atom stereocenters. The number of nitrogens with one attached hydrogen (secondary N) is 1. The fourth-order valence-electron chi connectivity index (χ4n) is 2.53. The molecule has 0 spiro atoms. The second kappa shape index (κ2) is 8.24. The number of nitrogens with zero attached hydrogens (tertiary/aromatic N) is 2. The number of anilines is 3. The van der Waals surface area contributed by atoms with Crippen molar-refractivity contribution in [1.82, 2.24) is 4.37 Å².